The number of amides is 3. The highest BCUT2D eigenvalue weighted by atomic mass is 16.6. The van der Waals surface area contributed by atoms with Crippen molar-refractivity contribution in [3.05, 3.63) is 10.4 Å². The predicted octanol–water partition coefficient (Wildman–Crippen LogP) is 1.70. The smallest absolute Gasteiger partial charge is 0.415 e. The lowest BCUT2D eigenvalue weighted by Gasteiger charge is -2.40. The molecule has 0 saturated carbocycles. The SMILES string of the molecule is CC(NC(=O)C(CCC(=O)OC(C)C(O)C1CNc2[nH]c(N)nc(=O)c2N1C(=O)OC(C)(C)C)NC(=O)OC(C)(C)C)C(=O)OC(C)(C)C. The molecule has 18 nitrogen and oxygen atoms in total. The van der Waals surface area contributed by atoms with Gasteiger partial charge in [-0.1, -0.05) is 0 Å². The van der Waals surface area contributed by atoms with Gasteiger partial charge in [-0.15, -0.1) is 0 Å². The van der Waals surface area contributed by atoms with E-state index in [-0.39, 0.29) is 30.4 Å². The van der Waals surface area contributed by atoms with E-state index in [0.717, 1.165) is 4.90 Å². The number of hydrogen-bond acceptors (Lipinski definition) is 14. The van der Waals surface area contributed by atoms with Gasteiger partial charge in [-0.25, -0.2) is 14.4 Å². The summed E-state index contributed by atoms with van der Waals surface area (Å²) in [5.41, 5.74) is 1.87. The van der Waals surface area contributed by atoms with Gasteiger partial charge in [0.25, 0.3) is 0 Å². The molecule has 5 atom stereocenters. The van der Waals surface area contributed by atoms with Crippen LogP contribution in [0, 0.1) is 0 Å². The Kier molecular flexibility index (Phi) is 13.0. The van der Waals surface area contributed by atoms with Gasteiger partial charge < -0.3 is 50.7 Å². The van der Waals surface area contributed by atoms with Crippen LogP contribution in [0.5, 0.6) is 0 Å². The number of aromatic amines is 1. The number of anilines is 3. The predicted molar refractivity (Wildman–Crippen MR) is 178 cm³/mol. The van der Waals surface area contributed by atoms with Crippen molar-refractivity contribution in [2.24, 2.45) is 0 Å². The molecule has 2 heterocycles. The van der Waals surface area contributed by atoms with E-state index in [1.54, 1.807) is 62.3 Å². The number of esters is 2. The van der Waals surface area contributed by atoms with Crippen LogP contribution in [0.3, 0.4) is 0 Å². The zero-order valence-corrected chi connectivity index (χ0v) is 30.0. The number of ether oxygens (including phenoxy) is 4. The quantitative estimate of drug-likeness (QED) is 0.150. The van der Waals surface area contributed by atoms with Crippen molar-refractivity contribution >= 4 is 47.5 Å². The Morgan fingerprint density at radius 3 is 2.08 bits per heavy atom. The maximum atomic E-state index is 13.3. The Hall–Kier alpha value is -4.61. The van der Waals surface area contributed by atoms with Gasteiger partial charge in [0.05, 0.1) is 6.04 Å². The second kappa shape index (κ2) is 15.7. The monoisotopic (exact) mass is 697 g/mol. The number of aliphatic hydroxyl groups excluding tert-OH is 1. The molecule has 276 valence electrons. The summed E-state index contributed by atoms with van der Waals surface area (Å²) in [7, 11) is 0. The number of nitrogens with two attached hydrogens (primary N) is 1. The molecule has 0 aliphatic carbocycles. The second-order valence-electron chi connectivity index (χ2n) is 14.6. The van der Waals surface area contributed by atoms with Gasteiger partial charge >= 0.3 is 29.7 Å². The molecule has 0 spiro atoms. The third-order valence-electron chi connectivity index (χ3n) is 6.52. The molecule has 3 amide bonds. The van der Waals surface area contributed by atoms with Gasteiger partial charge in [0.1, 0.15) is 46.9 Å². The number of hydrogen-bond donors (Lipinski definition) is 6. The molecule has 0 bridgehead atoms. The highest BCUT2D eigenvalue weighted by Crippen LogP contribution is 2.30. The van der Waals surface area contributed by atoms with Crippen molar-refractivity contribution in [3.63, 3.8) is 0 Å². The number of fused-ring (bicyclic) bond motifs is 1. The maximum absolute atomic E-state index is 13.3. The van der Waals surface area contributed by atoms with Gasteiger partial charge in [0.15, 0.2) is 5.69 Å². The lowest BCUT2D eigenvalue weighted by molar-refractivity contribution is -0.158. The molecule has 1 aliphatic rings. The van der Waals surface area contributed by atoms with Gasteiger partial charge in [-0.05, 0) is 82.6 Å². The maximum Gasteiger partial charge on any atom is 0.415 e. The van der Waals surface area contributed by atoms with Crippen LogP contribution in [0.4, 0.5) is 27.0 Å². The average molecular weight is 698 g/mol. The topological polar surface area (TPSA) is 254 Å². The van der Waals surface area contributed by atoms with Gasteiger partial charge in [-0.3, -0.25) is 19.3 Å². The molecule has 0 radical (unpaired) electrons. The number of nitrogens with zero attached hydrogens (tertiary/aromatic N) is 2. The third-order valence-corrected chi connectivity index (χ3v) is 6.52. The fourth-order valence-electron chi connectivity index (χ4n) is 4.50. The number of carbonyl (C=O) groups is 5. The lowest BCUT2D eigenvalue weighted by Crippen LogP contribution is -2.59. The summed E-state index contributed by atoms with van der Waals surface area (Å²) in [4.78, 5) is 84.5. The summed E-state index contributed by atoms with van der Waals surface area (Å²) in [5, 5.41) is 19.1. The number of nitrogen functional groups attached to an aromatic ring is 1. The fourth-order valence-corrected chi connectivity index (χ4v) is 4.50. The minimum Gasteiger partial charge on any atom is -0.460 e. The van der Waals surface area contributed by atoms with E-state index in [1.807, 2.05) is 0 Å². The molecule has 7 N–H and O–H groups in total. The summed E-state index contributed by atoms with van der Waals surface area (Å²) in [6.07, 6.45) is -5.40. The largest absolute Gasteiger partial charge is 0.460 e. The molecule has 49 heavy (non-hydrogen) atoms. The number of carbonyl (C=O) groups excluding carboxylic acids is 5. The number of rotatable bonds is 10. The van der Waals surface area contributed by atoms with Crippen molar-refractivity contribution in [3.8, 4) is 0 Å². The van der Waals surface area contributed by atoms with E-state index in [2.05, 4.69) is 25.9 Å². The first-order valence-electron chi connectivity index (χ1n) is 15.8. The van der Waals surface area contributed by atoms with Crippen LogP contribution in [0.2, 0.25) is 0 Å². The molecular formula is C31H51N7O11. The Balaban J connectivity index is 2.21. The highest BCUT2D eigenvalue weighted by Gasteiger charge is 2.43. The number of alkyl carbamates (subject to hydrolysis) is 1. The van der Waals surface area contributed by atoms with E-state index in [4.69, 9.17) is 24.7 Å². The molecule has 1 aromatic heterocycles. The molecule has 0 saturated heterocycles. The van der Waals surface area contributed by atoms with Crippen molar-refractivity contribution in [1.82, 2.24) is 20.6 Å². The Morgan fingerprint density at radius 2 is 1.53 bits per heavy atom. The molecule has 18 heteroatoms. The van der Waals surface area contributed by atoms with Crippen LogP contribution in [-0.2, 0) is 33.3 Å². The molecular weight excluding hydrogens is 646 g/mol. The van der Waals surface area contributed by atoms with Crippen LogP contribution in [0.1, 0.15) is 89.0 Å². The van der Waals surface area contributed by atoms with Crippen molar-refractivity contribution in [2.45, 2.75) is 136 Å². The summed E-state index contributed by atoms with van der Waals surface area (Å²) in [6.45, 7) is 17.4. The molecule has 0 aromatic carbocycles. The van der Waals surface area contributed by atoms with Crippen molar-refractivity contribution in [1.29, 1.82) is 0 Å². The number of H-pyrrole nitrogens is 1. The first-order chi connectivity index (χ1) is 22.3. The number of aliphatic hydroxyl groups is 1. The first-order valence-corrected chi connectivity index (χ1v) is 15.8. The Bertz CT molecular complexity index is 1440. The minimum atomic E-state index is -1.55. The van der Waals surface area contributed by atoms with E-state index in [9.17, 15) is 33.9 Å². The minimum absolute atomic E-state index is 0.0826. The molecule has 0 fully saturated rings. The van der Waals surface area contributed by atoms with E-state index < -0.39 is 89.1 Å². The normalized spacial score (nSPS) is 17.2. The van der Waals surface area contributed by atoms with Gasteiger partial charge in [0.2, 0.25) is 11.9 Å². The Labute approximate surface area is 285 Å². The second-order valence-corrected chi connectivity index (χ2v) is 14.6. The van der Waals surface area contributed by atoms with Crippen LogP contribution in [0.25, 0.3) is 0 Å². The van der Waals surface area contributed by atoms with E-state index >= 15 is 0 Å². The summed E-state index contributed by atoms with van der Waals surface area (Å²) in [6, 6.07) is -3.59. The van der Waals surface area contributed by atoms with Crippen LogP contribution < -0.4 is 32.1 Å². The average Bonchev–Trinajstić information content (AvgIpc) is 2.91. The van der Waals surface area contributed by atoms with Gasteiger partial charge in [0, 0.05) is 13.0 Å². The van der Waals surface area contributed by atoms with Crippen LogP contribution in [-0.4, -0.2) is 98.8 Å². The molecule has 5 unspecified atom stereocenters. The van der Waals surface area contributed by atoms with Crippen molar-refractivity contribution < 1.29 is 48.0 Å². The fraction of sp³-hybridized carbons (Fsp3) is 0.710. The zero-order chi connectivity index (χ0) is 37.6. The van der Waals surface area contributed by atoms with Crippen LogP contribution >= 0.6 is 0 Å². The molecule has 1 aliphatic heterocycles. The first kappa shape index (κ1) is 40.6. The summed E-state index contributed by atoms with van der Waals surface area (Å²) < 4.78 is 21.5. The molecule has 2 rings (SSSR count). The number of aromatic nitrogens is 2. The molecule has 1 aromatic rings. The standard InChI is InChI=1S/C31H51N7O11/c1-15(25(43)47-29(3,4)5)34-23(41)17(35-27(44)48-30(6,7)8)12-13-19(39)46-16(2)21(40)18-14-33-22-20(24(42)37-26(32)36-22)38(18)28(45)49-31(9,10)11/h15-18,21,40H,12-14H2,1-11H3,(H,34,41)(H,35,44)(H4,32,33,36,37,42). The van der Waals surface area contributed by atoms with Gasteiger partial charge in [-0.2, -0.15) is 4.98 Å². The van der Waals surface area contributed by atoms with Crippen LogP contribution in [0.15, 0.2) is 4.79 Å². The van der Waals surface area contributed by atoms with Crippen molar-refractivity contribution in [2.75, 3.05) is 22.5 Å². The highest BCUT2D eigenvalue weighted by molar-refractivity contribution is 5.93. The lowest BCUT2D eigenvalue weighted by atomic mass is 10.0. The third kappa shape index (κ3) is 12.7. The summed E-state index contributed by atoms with van der Waals surface area (Å²) in [5.74, 6) is -2.48. The summed E-state index contributed by atoms with van der Waals surface area (Å²) >= 11 is 0. The number of nitrogens with one attached hydrogen (secondary N) is 4. The van der Waals surface area contributed by atoms with E-state index in [1.165, 1.54) is 13.8 Å². The van der Waals surface area contributed by atoms with E-state index in [0.29, 0.717) is 0 Å². The Morgan fingerprint density at radius 1 is 0.959 bits per heavy atom. The zero-order valence-electron chi connectivity index (χ0n) is 30.0.